The Morgan fingerprint density at radius 1 is 1.40 bits per heavy atom. The van der Waals surface area contributed by atoms with E-state index in [4.69, 9.17) is 17.4 Å². The van der Waals surface area contributed by atoms with Gasteiger partial charge in [0.15, 0.2) is 0 Å². The summed E-state index contributed by atoms with van der Waals surface area (Å²) in [7, 11) is 0. The normalized spacial score (nSPS) is 12.8. The first-order valence-corrected chi connectivity index (χ1v) is 6.92. The average Bonchev–Trinajstić information content (AvgIpc) is 2.83. The molecule has 0 saturated heterocycles. The predicted octanol–water partition coefficient (Wildman–Crippen LogP) is 1.73. The largest absolute Gasteiger partial charge is 0.271 e. The molecular formula is C13H19ClN6. The molecule has 0 aliphatic rings. The molecule has 7 heteroatoms. The van der Waals surface area contributed by atoms with Crippen molar-refractivity contribution in [3.8, 4) is 0 Å². The highest BCUT2D eigenvalue weighted by atomic mass is 35.5. The van der Waals surface area contributed by atoms with Gasteiger partial charge in [0.1, 0.15) is 12.2 Å². The van der Waals surface area contributed by atoms with Gasteiger partial charge in [-0.3, -0.25) is 16.3 Å². The molecule has 3 N–H and O–H groups in total. The zero-order chi connectivity index (χ0) is 14.5. The fraction of sp³-hybridized carbons (Fsp3) is 0.462. The van der Waals surface area contributed by atoms with Gasteiger partial charge in [0.25, 0.3) is 0 Å². The zero-order valence-electron chi connectivity index (χ0n) is 11.6. The van der Waals surface area contributed by atoms with E-state index < -0.39 is 0 Å². The zero-order valence-corrected chi connectivity index (χ0v) is 12.4. The van der Waals surface area contributed by atoms with E-state index in [1.54, 1.807) is 24.7 Å². The van der Waals surface area contributed by atoms with E-state index in [9.17, 15) is 0 Å². The smallest absolute Gasteiger partial charge is 0.138 e. The third-order valence-corrected chi connectivity index (χ3v) is 3.26. The summed E-state index contributed by atoms with van der Waals surface area (Å²) in [5.74, 6) is 7.00. The van der Waals surface area contributed by atoms with Crippen LogP contribution in [0.25, 0.3) is 0 Å². The topological polar surface area (TPSA) is 81.7 Å². The van der Waals surface area contributed by atoms with Gasteiger partial charge in [0, 0.05) is 19.2 Å². The Labute approximate surface area is 123 Å². The van der Waals surface area contributed by atoms with Crippen LogP contribution in [-0.2, 0) is 13.0 Å². The minimum atomic E-state index is -0.196. The SMILES string of the molecule is CC(C)Cn1ncnc1CC(NN)c1ncccc1Cl. The van der Waals surface area contributed by atoms with Gasteiger partial charge >= 0.3 is 0 Å². The van der Waals surface area contributed by atoms with Crippen molar-refractivity contribution in [1.29, 1.82) is 0 Å². The molecular weight excluding hydrogens is 276 g/mol. The van der Waals surface area contributed by atoms with Gasteiger partial charge < -0.3 is 0 Å². The van der Waals surface area contributed by atoms with E-state index in [1.807, 2.05) is 4.68 Å². The van der Waals surface area contributed by atoms with E-state index in [0.717, 1.165) is 18.1 Å². The minimum absolute atomic E-state index is 0.196. The molecule has 20 heavy (non-hydrogen) atoms. The number of hydrazine groups is 1. The van der Waals surface area contributed by atoms with Gasteiger partial charge in [-0.05, 0) is 18.1 Å². The summed E-state index contributed by atoms with van der Waals surface area (Å²) < 4.78 is 1.89. The number of halogens is 1. The van der Waals surface area contributed by atoms with Crippen molar-refractivity contribution in [3.63, 3.8) is 0 Å². The molecule has 0 amide bonds. The highest BCUT2D eigenvalue weighted by Gasteiger charge is 2.18. The lowest BCUT2D eigenvalue weighted by Gasteiger charge is -2.17. The van der Waals surface area contributed by atoms with E-state index in [1.165, 1.54) is 0 Å². The summed E-state index contributed by atoms with van der Waals surface area (Å²) in [6.45, 7) is 5.10. The molecule has 2 aromatic heterocycles. The van der Waals surface area contributed by atoms with Gasteiger partial charge in [0.2, 0.25) is 0 Å². The Balaban J connectivity index is 2.19. The molecule has 0 aliphatic carbocycles. The quantitative estimate of drug-likeness (QED) is 0.626. The summed E-state index contributed by atoms with van der Waals surface area (Å²) in [5.41, 5.74) is 3.47. The summed E-state index contributed by atoms with van der Waals surface area (Å²) in [5, 5.41) is 4.83. The Kier molecular flexibility index (Phi) is 5.05. The number of nitrogens with two attached hydrogens (primary N) is 1. The molecule has 0 saturated carbocycles. The molecule has 2 rings (SSSR count). The highest BCUT2D eigenvalue weighted by Crippen LogP contribution is 2.22. The second kappa shape index (κ2) is 6.78. The second-order valence-electron chi connectivity index (χ2n) is 5.05. The van der Waals surface area contributed by atoms with Crippen molar-refractivity contribution in [3.05, 3.63) is 41.2 Å². The lowest BCUT2D eigenvalue weighted by molar-refractivity contribution is 0.444. The number of aromatic nitrogens is 4. The van der Waals surface area contributed by atoms with Crippen LogP contribution in [-0.4, -0.2) is 19.7 Å². The van der Waals surface area contributed by atoms with Crippen molar-refractivity contribution >= 4 is 11.6 Å². The van der Waals surface area contributed by atoms with Crippen LogP contribution in [0.5, 0.6) is 0 Å². The maximum Gasteiger partial charge on any atom is 0.138 e. The van der Waals surface area contributed by atoms with Crippen LogP contribution in [0.3, 0.4) is 0 Å². The first kappa shape index (κ1) is 14.9. The fourth-order valence-electron chi connectivity index (χ4n) is 2.02. The van der Waals surface area contributed by atoms with Gasteiger partial charge in [-0.2, -0.15) is 5.10 Å². The lowest BCUT2D eigenvalue weighted by Crippen LogP contribution is -2.31. The van der Waals surface area contributed by atoms with E-state index in [-0.39, 0.29) is 6.04 Å². The Morgan fingerprint density at radius 3 is 2.85 bits per heavy atom. The monoisotopic (exact) mass is 294 g/mol. The first-order valence-electron chi connectivity index (χ1n) is 6.55. The molecule has 108 valence electrons. The van der Waals surface area contributed by atoms with Crippen LogP contribution >= 0.6 is 11.6 Å². The second-order valence-corrected chi connectivity index (χ2v) is 5.45. The average molecular weight is 295 g/mol. The Hall–Kier alpha value is -1.50. The summed E-state index contributed by atoms with van der Waals surface area (Å²) in [6, 6.07) is 3.40. The van der Waals surface area contributed by atoms with Crippen molar-refractivity contribution in [2.45, 2.75) is 32.9 Å². The van der Waals surface area contributed by atoms with Crippen LogP contribution in [0.2, 0.25) is 5.02 Å². The molecule has 0 aromatic carbocycles. The summed E-state index contributed by atoms with van der Waals surface area (Å²) in [4.78, 5) is 8.59. The number of pyridine rings is 1. The standard InChI is InChI=1S/C13H19ClN6/c1-9(2)7-20-12(17-8-18-20)6-11(19-15)13-10(14)4-3-5-16-13/h3-5,8-9,11,19H,6-7,15H2,1-2H3. The molecule has 6 nitrogen and oxygen atoms in total. The van der Waals surface area contributed by atoms with Crippen LogP contribution in [0.1, 0.15) is 31.4 Å². The van der Waals surface area contributed by atoms with Crippen LogP contribution in [0, 0.1) is 5.92 Å². The van der Waals surface area contributed by atoms with Gasteiger partial charge in [-0.1, -0.05) is 25.4 Å². The van der Waals surface area contributed by atoms with Crippen molar-refractivity contribution in [2.24, 2.45) is 11.8 Å². The molecule has 0 fully saturated rings. The number of nitrogens with zero attached hydrogens (tertiary/aromatic N) is 4. The lowest BCUT2D eigenvalue weighted by atomic mass is 10.1. The van der Waals surface area contributed by atoms with Crippen LogP contribution in [0.4, 0.5) is 0 Å². The van der Waals surface area contributed by atoms with Crippen LogP contribution < -0.4 is 11.3 Å². The number of rotatable bonds is 6. The number of nitrogens with one attached hydrogen (secondary N) is 1. The fourth-order valence-corrected chi connectivity index (χ4v) is 2.27. The van der Waals surface area contributed by atoms with Crippen LogP contribution in [0.15, 0.2) is 24.7 Å². The number of hydrogen-bond acceptors (Lipinski definition) is 5. The predicted molar refractivity (Wildman–Crippen MR) is 77.9 cm³/mol. The third-order valence-electron chi connectivity index (χ3n) is 2.94. The van der Waals surface area contributed by atoms with Crippen molar-refractivity contribution in [2.75, 3.05) is 0 Å². The molecule has 2 aromatic rings. The highest BCUT2D eigenvalue weighted by molar-refractivity contribution is 6.31. The molecule has 1 unspecified atom stereocenters. The minimum Gasteiger partial charge on any atom is -0.271 e. The maximum atomic E-state index is 6.16. The van der Waals surface area contributed by atoms with Crippen molar-refractivity contribution < 1.29 is 0 Å². The van der Waals surface area contributed by atoms with E-state index in [2.05, 4.69) is 34.3 Å². The summed E-state index contributed by atoms with van der Waals surface area (Å²) in [6.07, 6.45) is 3.84. The molecule has 0 bridgehead atoms. The van der Waals surface area contributed by atoms with Gasteiger partial charge in [-0.25, -0.2) is 9.67 Å². The van der Waals surface area contributed by atoms with Gasteiger partial charge in [-0.15, -0.1) is 0 Å². The molecule has 2 heterocycles. The maximum absolute atomic E-state index is 6.16. The Morgan fingerprint density at radius 2 is 2.20 bits per heavy atom. The first-order chi connectivity index (χ1) is 9.61. The molecule has 1 atom stereocenters. The van der Waals surface area contributed by atoms with E-state index in [0.29, 0.717) is 17.4 Å². The molecule has 0 radical (unpaired) electrons. The molecule has 0 spiro atoms. The molecule has 0 aliphatic heterocycles. The van der Waals surface area contributed by atoms with E-state index >= 15 is 0 Å². The number of hydrogen-bond donors (Lipinski definition) is 2. The Bertz CT molecular complexity index is 553. The van der Waals surface area contributed by atoms with Gasteiger partial charge in [0.05, 0.1) is 16.8 Å². The third kappa shape index (κ3) is 3.53. The summed E-state index contributed by atoms with van der Waals surface area (Å²) >= 11 is 6.16. The van der Waals surface area contributed by atoms with Crippen molar-refractivity contribution in [1.82, 2.24) is 25.2 Å².